The monoisotopic (exact) mass is 267 g/mol. The van der Waals surface area contributed by atoms with Crippen molar-refractivity contribution in [3.63, 3.8) is 0 Å². The zero-order valence-corrected chi connectivity index (χ0v) is 11.1. The molecule has 0 heterocycles. The van der Waals surface area contributed by atoms with Crippen LogP contribution in [-0.4, -0.2) is 17.0 Å². The number of carboxylic acid groups (broad SMARTS) is 1. The van der Waals surface area contributed by atoms with Crippen LogP contribution in [-0.2, 0) is 16.0 Å². The molecule has 5 heteroatoms. The van der Waals surface area contributed by atoms with E-state index in [0.717, 1.165) is 18.9 Å². The maximum absolute atomic E-state index is 13.6. The van der Waals surface area contributed by atoms with Gasteiger partial charge in [0.05, 0.1) is 6.42 Å². The van der Waals surface area contributed by atoms with Crippen LogP contribution in [0.15, 0.2) is 18.2 Å². The molecule has 104 valence electrons. The van der Waals surface area contributed by atoms with Crippen LogP contribution in [0.2, 0.25) is 0 Å². The summed E-state index contributed by atoms with van der Waals surface area (Å²) in [5.74, 6) is -1.95. The SMILES string of the molecule is CCC(CC)C(=O)Nc1ccc(CC(=O)O)c(F)c1. The first kappa shape index (κ1) is 15.1. The number of anilines is 1. The molecule has 0 radical (unpaired) electrons. The minimum absolute atomic E-state index is 0.0956. The van der Waals surface area contributed by atoms with Gasteiger partial charge in [0.25, 0.3) is 0 Å². The standard InChI is InChI=1S/C14H18FNO3/c1-3-9(4-2)14(19)16-11-6-5-10(7-13(17)18)12(15)8-11/h5-6,8-9H,3-4,7H2,1-2H3,(H,16,19)(H,17,18). The van der Waals surface area contributed by atoms with Gasteiger partial charge < -0.3 is 10.4 Å². The van der Waals surface area contributed by atoms with Crippen molar-refractivity contribution in [2.24, 2.45) is 5.92 Å². The van der Waals surface area contributed by atoms with E-state index in [9.17, 15) is 14.0 Å². The molecule has 0 atom stereocenters. The molecule has 0 aliphatic heterocycles. The molecule has 0 unspecified atom stereocenters. The fraction of sp³-hybridized carbons (Fsp3) is 0.429. The summed E-state index contributed by atoms with van der Waals surface area (Å²) >= 11 is 0. The van der Waals surface area contributed by atoms with E-state index in [0.29, 0.717) is 5.69 Å². The van der Waals surface area contributed by atoms with Crippen LogP contribution >= 0.6 is 0 Å². The van der Waals surface area contributed by atoms with E-state index in [-0.39, 0.29) is 23.8 Å². The first-order chi connectivity index (χ1) is 8.97. The molecule has 0 aliphatic rings. The van der Waals surface area contributed by atoms with Gasteiger partial charge in [0.15, 0.2) is 0 Å². The summed E-state index contributed by atoms with van der Waals surface area (Å²) in [6, 6.07) is 4.05. The van der Waals surface area contributed by atoms with Crippen LogP contribution < -0.4 is 5.32 Å². The number of benzene rings is 1. The Kier molecular flexibility index (Phi) is 5.48. The largest absolute Gasteiger partial charge is 0.481 e. The van der Waals surface area contributed by atoms with Gasteiger partial charge in [-0.15, -0.1) is 0 Å². The van der Waals surface area contributed by atoms with Gasteiger partial charge in [-0.2, -0.15) is 0 Å². The predicted octanol–water partition coefficient (Wildman–Crippen LogP) is 2.83. The normalized spacial score (nSPS) is 10.5. The first-order valence-electron chi connectivity index (χ1n) is 6.29. The first-order valence-corrected chi connectivity index (χ1v) is 6.29. The number of hydrogen-bond donors (Lipinski definition) is 2. The van der Waals surface area contributed by atoms with Crippen molar-refractivity contribution in [1.29, 1.82) is 0 Å². The topological polar surface area (TPSA) is 66.4 Å². The van der Waals surface area contributed by atoms with E-state index in [4.69, 9.17) is 5.11 Å². The fourth-order valence-corrected chi connectivity index (χ4v) is 1.84. The van der Waals surface area contributed by atoms with Gasteiger partial charge in [0, 0.05) is 11.6 Å². The van der Waals surface area contributed by atoms with E-state index in [1.165, 1.54) is 12.1 Å². The van der Waals surface area contributed by atoms with Crippen molar-refractivity contribution in [2.75, 3.05) is 5.32 Å². The minimum Gasteiger partial charge on any atom is -0.481 e. The Morgan fingerprint density at radius 2 is 1.95 bits per heavy atom. The fourth-order valence-electron chi connectivity index (χ4n) is 1.84. The lowest BCUT2D eigenvalue weighted by Gasteiger charge is -2.13. The van der Waals surface area contributed by atoms with Crippen molar-refractivity contribution < 1.29 is 19.1 Å². The van der Waals surface area contributed by atoms with Crippen LogP contribution in [0.4, 0.5) is 10.1 Å². The number of amides is 1. The third-order valence-electron chi connectivity index (χ3n) is 3.02. The molecular weight excluding hydrogens is 249 g/mol. The van der Waals surface area contributed by atoms with E-state index >= 15 is 0 Å². The number of halogens is 1. The Balaban J connectivity index is 2.78. The average molecular weight is 267 g/mol. The second-order valence-electron chi connectivity index (χ2n) is 4.38. The maximum atomic E-state index is 13.6. The molecule has 0 spiro atoms. The van der Waals surface area contributed by atoms with E-state index in [1.54, 1.807) is 0 Å². The molecule has 0 saturated heterocycles. The molecule has 1 rings (SSSR count). The summed E-state index contributed by atoms with van der Waals surface area (Å²) in [5.41, 5.74) is 0.455. The molecule has 0 aromatic heterocycles. The number of carboxylic acids is 1. The third-order valence-corrected chi connectivity index (χ3v) is 3.02. The molecular formula is C14H18FNO3. The smallest absolute Gasteiger partial charge is 0.307 e. The van der Waals surface area contributed by atoms with Crippen molar-refractivity contribution in [2.45, 2.75) is 33.1 Å². The van der Waals surface area contributed by atoms with Crippen LogP contribution in [0.3, 0.4) is 0 Å². The Morgan fingerprint density at radius 3 is 2.42 bits per heavy atom. The summed E-state index contributed by atoms with van der Waals surface area (Å²) in [7, 11) is 0. The molecule has 1 amide bonds. The Labute approximate surface area is 111 Å². The van der Waals surface area contributed by atoms with Crippen LogP contribution in [0.25, 0.3) is 0 Å². The number of aliphatic carboxylic acids is 1. The van der Waals surface area contributed by atoms with Gasteiger partial charge in [-0.3, -0.25) is 9.59 Å². The van der Waals surface area contributed by atoms with Gasteiger partial charge in [0.2, 0.25) is 5.91 Å². The molecule has 1 aromatic carbocycles. The lowest BCUT2D eigenvalue weighted by molar-refractivity contribution is -0.136. The molecule has 0 saturated carbocycles. The highest BCUT2D eigenvalue weighted by atomic mass is 19.1. The van der Waals surface area contributed by atoms with Crippen molar-refractivity contribution in [1.82, 2.24) is 0 Å². The molecule has 4 nitrogen and oxygen atoms in total. The summed E-state index contributed by atoms with van der Waals surface area (Å²) in [6.07, 6.45) is 1.08. The molecule has 1 aromatic rings. The number of rotatable bonds is 6. The molecule has 19 heavy (non-hydrogen) atoms. The van der Waals surface area contributed by atoms with Gasteiger partial charge in [-0.25, -0.2) is 4.39 Å². The second kappa shape index (κ2) is 6.87. The third kappa shape index (κ3) is 4.35. The molecule has 2 N–H and O–H groups in total. The van der Waals surface area contributed by atoms with Crippen molar-refractivity contribution in [3.8, 4) is 0 Å². The Morgan fingerprint density at radius 1 is 1.32 bits per heavy atom. The van der Waals surface area contributed by atoms with Crippen LogP contribution in [0, 0.1) is 11.7 Å². The number of nitrogens with one attached hydrogen (secondary N) is 1. The van der Waals surface area contributed by atoms with E-state index < -0.39 is 11.8 Å². The minimum atomic E-state index is -1.09. The summed E-state index contributed by atoms with van der Waals surface area (Å²) in [6.45, 7) is 3.84. The number of carbonyl (C=O) groups excluding carboxylic acids is 1. The predicted molar refractivity (Wildman–Crippen MR) is 70.4 cm³/mol. The Bertz CT molecular complexity index is 470. The van der Waals surface area contributed by atoms with Crippen LogP contribution in [0.1, 0.15) is 32.3 Å². The lowest BCUT2D eigenvalue weighted by atomic mass is 10.0. The summed E-state index contributed by atoms with van der Waals surface area (Å²) in [5, 5.41) is 11.2. The van der Waals surface area contributed by atoms with Crippen LogP contribution in [0.5, 0.6) is 0 Å². The quantitative estimate of drug-likeness (QED) is 0.832. The number of carbonyl (C=O) groups is 2. The highest BCUT2D eigenvalue weighted by molar-refractivity contribution is 5.92. The summed E-state index contributed by atoms with van der Waals surface area (Å²) in [4.78, 5) is 22.3. The average Bonchev–Trinajstić information content (AvgIpc) is 2.33. The zero-order valence-electron chi connectivity index (χ0n) is 11.1. The Hall–Kier alpha value is -1.91. The number of hydrogen-bond acceptors (Lipinski definition) is 2. The second-order valence-corrected chi connectivity index (χ2v) is 4.38. The molecule has 0 bridgehead atoms. The van der Waals surface area contributed by atoms with Gasteiger partial charge >= 0.3 is 5.97 Å². The van der Waals surface area contributed by atoms with Crippen molar-refractivity contribution >= 4 is 17.6 Å². The van der Waals surface area contributed by atoms with E-state index in [1.807, 2.05) is 13.8 Å². The lowest BCUT2D eigenvalue weighted by Crippen LogP contribution is -2.21. The van der Waals surface area contributed by atoms with Gasteiger partial charge in [-0.05, 0) is 30.5 Å². The van der Waals surface area contributed by atoms with E-state index in [2.05, 4.69) is 5.32 Å². The maximum Gasteiger partial charge on any atom is 0.307 e. The molecule has 0 fully saturated rings. The molecule has 0 aliphatic carbocycles. The van der Waals surface area contributed by atoms with Gasteiger partial charge in [-0.1, -0.05) is 19.9 Å². The summed E-state index contributed by atoms with van der Waals surface area (Å²) < 4.78 is 13.6. The van der Waals surface area contributed by atoms with Crippen molar-refractivity contribution in [3.05, 3.63) is 29.6 Å². The van der Waals surface area contributed by atoms with Gasteiger partial charge in [0.1, 0.15) is 5.82 Å². The zero-order chi connectivity index (χ0) is 14.4. The highest BCUT2D eigenvalue weighted by Gasteiger charge is 2.15. The highest BCUT2D eigenvalue weighted by Crippen LogP contribution is 2.17.